The van der Waals surface area contributed by atoms with Gasteiger partial charge in [0.05, 0.1) is 12.7 Å². The topological polar surface area (TPSA) is 51.5 Å². The molecule has 0 atom stereocenters. The second-order valence-corrected chi connectivity index (χ2v) is 7.11. The number of ether oxygens (including phenoxy) is 1. The summed E-state index contributed by atoms with van der Waals surface area (Å²) in [4.78, 5) is 28.3. The molecular formula is C25H22N2O3. The van der Waals surface area contributed by atoms with Crippen molar-refractivity contribution in [1.29, 1.82) is 0 Å². The molecule has 1 aromatic heterocycles. The number of methoxy groups -OCH3 is 1. The standard InChI is InChI=1S/C25H22N2O3/c1-17-8-4-7-11-23(17)26(2)24(28)22-16-27(18-12-14-19(30-3)15-13-18)25(29)21-10-6-5-9-20(21)22/h4-16H,1-3H3. The summed E-state index contributed by atoms with van der Waals surface area (Å²) in [5.41, 5.74) is 2.78. The minimum absolute atomic E-state index is 0.175. The largest absolute Gasteiger partial charge is 0.497 e. The first-order valence-corrected chi connectivity index (χ1v) is 9.64. The van der Waals surface area contributed by atoms with Crippen molar-refractivity contribution in [2.45, 2.75) is 6.92 Å². The van der Waals surface area contributed by atoms with Crippen molar-refractivity contribution in [2.24, 2.45) is 0 Å². The van der Waals surface area contributed by atoms with Gasteiger partial charge in [-0.3, -0.25) is 14.2 Å². The summed E-state index contributed by atoms with van der Waals surface area (Å²) in [6, 6.07) is 22.1. The lowest BCUT2D eigenvalue weighted by atomic mass is 10.1. The number of para-hydroxylation sites is 1. The minimum Gasteiger partial charge on any atom is -0.497 e. The lowest BCUT2D eigenvalue weighted by molar-refractivity contribution is 0.0994. The van der Waals surface area contributed by atoms with Crippen molar-refractivity contribution in [1.82, 2.24) is 4.57 Å². The van der Waals surface area contributed by atoms with Gasteiger partial charge in [0, 0.05) is 35.4 Å². The van der Waals surface area contributed by atoms with Gasteiger partial charge in [-0.15, -0.1) is 0 Å². The van der Waals surface area contributed by atoms with Crippen LogP contribution in [0.4, 0.5) is 5.69 Å². The van der Waals surface area contributed by atoms with Crippen molar-refractivity contribution in [3.63, 3.8) is 0 Å². The Morgan fingerprint density at radius 1 is 0.900 bits per heavy atom. The fraction of sp³-hybridized carbons (Fsp3) is 0.120. The molecule has 0 radical (unpaired) electrons. The number of hydrogen-bond acceptors (Lipinski definition) is 3. The SMILES string of the molecule is COc1ccc(-n2cc(C(=O)N(C)c3ccccc3C)c3ccccc3c2=O)cc1. The fourth-order valence-corrected chi connectivity index (χ4v) is 3.63. The van der Waals surface area contributed by atoms with Crippen LogP contribution in [-0.2, 0) is 0 Å². The molecule has 30 heavy (non-hydrogen) atoms. The van der Waals surface area contributed by atoms with Gasteiger partial charge in [0.25, 0.3) is 11.5 Å². The van der Waals surface area contributed by atoms with E-state index in [1.54, 1.807) is 61.7 Å². The maximum atomic E-state index is 13.5. The van der Waals surface area contributed by atoms with E-state index >= 15 is 0 Å². The number of benzene rings is 3. The number of aryl methyl sites for hydroxylation is 1. The molecule has 0 bridgehead atoms. The molecule has 0 spiro atoms. The lowest BCUT2D eigenvalue weighted by Crippen LogP contribution is -2.29. The molecular weight excluding hydrogens is 376 g/mol. The van der Waals surface area contributed by atoms with Crippen molar-refractivity contribution in [3.8, 4) is 11.4 Å². The molecule has 0 aliphatic heterocycles. The second kappa shape index (κ2) is 7.87. The van der Waals surface area contributed by atoms with Crippen LogP contribution in [0.5, 0.6) is 5.75 Å². The first kappa shape index (κ1) is 19.5. The van der Waals surface area contributed by atoms with Crippen molar-refractivity contribution in [2.75, 3.05) is 19.1 Å². The van der Waals surface area contributed by atoms with E-state index in [4.69, 9.17) is 4.74 Å². The van der Waals surface area contributed by atoms with Gasteiger partial charge in [-0.2, -0.15) is 0 Å². The number of rotatable bonds is 4. The Morgan fingerprint density at radius 3 is 2.20 bits per heavy atom. The lowest BCUT2D eigenvalue weighted by Gasteiger charge is -2.21. The van der Waals surface area contributed by atoms with E-state index in [9.17, 15) is 9.59 Å². The molecule has 0 aliphatic rings. The van der Waals surface area contributed by atoms with Gasteiger partial charge < -0.3 is 9.64 Å². The first-order chi connectivity index (χ1) is 14.5. The van der Waals surface area contributed by atoms with Crippen molar-refractivity contribution in [3.05, 3.63) is 100 Å². The Balaban J connectivity index is 1.91. The second-order valence-electron chi connectivity index (χ2n) is 7.11. The van der Waals surface area contributed by atoms with Crippen LogP contribution in [0.1, 0.15) is 15.9 Å². The molecule has 5 nitrogen and oxygen atoms in total. The highest BCUT2D eigenvalue weighted by Gasteiger charge is 2.20. The summed E-state index contributed by atoms with van der Waals surface area (Å²) < 4.78 is 6.73. The van der Waals surface area contributed by atoms with Crippen LogP contribution in [0.3, 0.4) is 0 Å². The van der Waals surface area contributed by atoms with Gasteiger partial charge in [-0.25, -0.2) is 0 Å². The maximum absolute atomic E-state index is 13.5. The van der Waals surface area contributed by atoms with Gasteiger partial charge in [0.2, 0.25) is 0 Å². The maximum Gasteiger partial charge on any atom is 0.262 e. The molecule has 4 aromatic rings. The highest BCUT2D eigenvalue weighted by Crippen LogP contribution is 2.24. The predicted molar refractivity (Wildman–Crippen MR) is 120 cm³/mol. The van der Waals surface area contributed by atoms with Crippen LogP contribution in [-0.4, -0.2) is 24.6 Å². The molecule has 0 unspecified atom stereocenters. The average molecular weight is 398 g/mol. The summed E-state index contributed by atoms with van der Waals surface area (Å²) in [5.74, 6) is 0.519. The Kier molecular flexibility index (Phi) is 5.11. The molecule has 0 saturated carbocycles. The van der Waals surface area contributed by atoms with E-state index in [1.807, 2.05) is 43.3 Å². The quantitative estimate of drug-likeness (QED) is 0.505. The number of pyridine rings is 1. The Morgan fingerprint density at radius 2 is 1.53 bits per heavy atom. The number of fused-ring (bicyclic) bond motifs is 1. The summed E-state index contributed by atoms with van der Waals surface area (Å²) in [6.07, 6.45) is 1.63. The zero-order valence-electron chi connectivity index (χ0n) is 17.1. The van der Waals surface area contributed by atoms with E-state index in [0.29, 0.717) is 27.8 Å². The zero-order valence-corrected chi connectivity index (χ0v) is 17.1. The number of anilines is 1. The van der Waals surface area contributed by atoms with Gasteiger partial charge >= 0.3 is 0 Å². The number of nitrogens with zero attached hydrogens (tertiary/aromatic N) is 2. The third kappa shape index (κ3) is 3.35. The molecule has 5 heteroatoms. The Labute approximate surface area is 174 Å². The normalized spacial score (nSPS) is 10.8. The summed E-state index contributed by atoms with van der Waals surface area (Å²) in [7, 11) is 3.34. The number of hydrogen-bond donors (Lipinski definition) is 0. The molecule has 1 amide bonds. The van der Waals surface area contributed by atoms with Gasteiger partial charge in [0.15, 0.2) is 0 Å². The zero-order chi connectivity index (χ0) is 21.3. The van der Waals surface area contributed by atoms with Crippen molar-refractivity contribution < 1.29 is 9.53 Å². The molecule has 0 saturated heterocycles. The molecule has 0 aliphatic carbocycles. The number of aromatic nitrogens is 1. The van der Waals surface area contributed by atoms with Crippen LogP contribution >= 0.6 is 0 Å². The summed E-state index contributed by atoms with van der Waals surface area (Å²) in [6.45, 7) is 1.97. The third-order valence-electron chi connectivity index (χ3n) is 5.29. The van der Waals surface area contributed by atoms with Crippen LogP contribution in [0, 0.1) is 6.92 Å². The molecule has 0 fully saturated rings. The molecule has 150 valence electrons. The third-order valence-corrected chi connectivity index (χ3v) is 5.29. The highest BCUT2D eigenvalue weighted by atomic mass is 16.5. The summed E-state index contributed by atoms with van der Waals surface area (Å²) in [5, 5.41) is 1.13. The van der Waals surface area contributed by atoms with E-state index in [0.717, 1.165) is 11.3 Å². The fourth-order valence-electron chi connectivity index (χ4n) is 3.63. The molecule has 3 aromatic carbocycles. The van der Waals surface area contributed by atoms with Crippen LogP contribution < -0.4 is 15.2 Å². The number of carbonyl (C=O) groups excluding carboxylic acids is 1. The van der Waals surface area contributed by atoms with Crippen LogP contribution in [0.25, 0.3) is 16.5 Å². The van der Waals surface area contributed by atoms with Crippen LogP contribution in [0.15, 0.2) is 83.8 Å². The Bertz CT molecular complexity index is 1290. The molecule has 4 rings (SSSR count). The first-order valence-electron chi connectivity index (χ1n) is 9.64. The highest BCUT2D eigenvalue weighted by molar-refractivity contribution is 6.13. The smallest absolute Gasteiger partial charge is 0.262 e. The molecule has 1 heterocycles. The van der Waals surface area contributed by atoms with E-state index < -0.39 is 0 Å². The predicted octanol–water partition coefficient (Wildman–Crippen LogP) is 4.58. The van der Waals surface area contributed by atoms with E-state index in [2.05, 4.69) is 0 Å². The van der Waals surface area contributed by atoms with Crippen molar-refractivity contribution >= 4 is 22.4 Å². The minimum atomic E-state index is -0.178. The average Bonchev–Trinajstić information content (AvgIpc) is 2.79. The number of amides is 1. The van der Waals surface area contributed by atoms with Gasteiger partial charge in [0.1, 0.15) is 5.75 Å². The molecule has 0 N–H and O–H groups in total. The summed E-state index contributed by atoms with van der Waals surface area (Å²) >= 11 is 0. The van der Waals surface area contributed by atoms with E-state index in [-0.39, 0.29) is 11.5 Å². The van der Waals surface area contributed by atoms with E-state index in [1.165, 1.54) is 4.57 Å². The monoisotopic (exact) mass is 398 g/mol. The van der Waals surface area contributed by atoms with Crippen LogP contribution in [0.2, 0.25) is 0 Å². The number of carbonyl (C=O) groups is 1. The van der Waals surface area contributed by atoms with Gasteiger partial charge in [-0.1, -0.05) is 36.4 Å². The van der Waals surface area contributed by atoms with Gasteiger partial charge in [-0.05, 0) is 48.9 Å². The Hall–Kier alpha value is -3.86.